The summed E-state index contributed by atoms with van der Waals surface area (Å²) in [5, 5.41) is 13.3. The molecule has 0 heterocycles. The third-order valence-electron chi connectivity index (χ3n) is 2.30. The first kappa shape index (κ1) is 13.8. The lowest BCUT2D eigenvalue weighted by Crippen LogP contribution is -2.32. The predicted molar refractivity (Wildman–Crippen MR) is 64.8 cm³/mol. The fourth-order valence-electron chi connectivity index (χ4n) is 1.46. The molecule has 0 fully saturated rings. The molecule has 1 aromatic rings. The molecule has 0 saturated heterocycles. The van der Waals surface area contributed by atoms with Crippen LogP contribution in [0.1, 0.15) is 23.7 Å². The Labute approximate surface area is 103 Å². The van der Waals surface area contributed by atoms with Crippen LogP contribution in [0.4, 0.5) is 10.1 Å². The van der Waals surface area contributed by atoms with Crippen molar-refractivity contribution in [3.05, 3.63) is 52.3 Å². The number of hydrogen-bond acceptors (Lipinski definition) is 3. The zero-order chi connectivity index (χ0) is 13.7. The summed E-state index contributed by atoms with van der Waals surface area (Å²) in [6.07, 6.45) is 2.14. The van der Waals surface area contributed by atoms with Crippen molar-refractivity contribution in [2.24, 2.45) is 0 Å². The van der Waals surface area contributed by atoms with Crippen molar-refractivity contribution >= 4 is 11.6 Å². The Balaban J connectivity index is 3.00. The SMILES string of the molecule is C=CCC(C)NC(=O)c1cc(F)ccc1[N+](=O)[O-]. The van der Waals surface area contributed by atoms with Gasteiger partial charge in [-0.25, -0.2) is 4.39 Å². The van der Waals surface area contributed by atoms with E-state index < -0.39 is 22.3 Å². The average molecular weight is 252 g/mol. The average Bonchev–Trinajstić information content (AvgIpc) is 2.28. The molecular weight excluding hydrogens is 239 g/mol. The number of hydrogen-bond donors (Lipinski definition) is 1. The number of carbonyl (C=O) groups excluding carboxylic acids is 1. The summed E-state index contributed by atoms with van der Waals surface area (Å²) < 4.78 is 13.0. The smallest absolute Gasteiger partial charge is 0.282 e. The predicted octanol–water partition coefficient (Wildman–Crippen LogP) is 2.43. The van der Waals surface area contributed by atoms with E-state index in [2.05, 4.69) is 11.9 Å². The van der Waals surface area contributed by atoms with Crippen LogP contribution >= 0.6 is 0 Å². The number of nitro groups is 1. The molecule has 6 heteroatoms. The van der Waals surface area contributed by atoms with Crippen LogP contribution in [0.3, 0.4) is 0 Å². The van der Waals surface area contributed by atoms with Gasteiger partial charge in [0, 0.05) is 12.1 Å². The summed E-state index contributed by atoms with van der Waals surface area (Å²) in [6.45, 7) is 5.25. The highest BCUT2D eigenvalue weighted by Crippen LogP contribution is 2.19. The molecule has 0 radical (unpaired) electrons. The highest BCUT2D eigenvalue weighted by atomic mass is 19.1. The van der Waals surface area contributed by atoms with Gasteiger partial charge in [0.05, 0.1) is 4.92 Å². The molecule has 0 aliphatic carbocycles. The van der Waals surface area contributed by atoms with Gasteiger partial charge in [-0.05, 0) is 25.5 Å². The second-order valence-electron chi connectivity index (χ2n) is 3.82. The van der Waals surface area contributed by atoms with E-state index in [0.717, 1.165) is 18.2 Å². The number of amides is 1. The first-order valence-electron chi connectivity index (χ1n) is 5.31. The zero-order valence-corrected chi connectivity index (χ0v) is 9.85. The molecule has 0 aliphatic heterocycles. The summed E-state index contributed by atoms with van der Waals surface area (Å²) in [5.41, 5.74) is -0.699. The van der Waals surface area contributed by atoms with Gasteiger partial charge in [0.25, 0.3) is 11.6 Å². The molecule has 1 N–H and O–H groups in total. The molecule has 1 aromatic carbocycles. The first-order valence-corrected chi connectivity index (χ1v) is 5.31. The Bertz CT molecular complexity index is 488. The molecule has 1 rings (SSSR count). The number of nitro benzene ring substituents is 1. The molecule has 0 saturated carbocycles. The van der Waals surface area contributed by atoms with Gasteiger partial charge in [-0.15, -0.1) is 6.58 Å². The van der Waals surface area contributed by atoms with E-state index >= 15 is 0 Å². The van der Waals surface area contributed by atoms with E-state index in [1.165, 1.54) is 0 Å². The van der Waals surface area contributed by atoms with E-state index in [4.69, 9.17) is 0 Å². The van der Waals surface area contributed by atoms with Crippen molar-refractivity contribution in [2.75, 3.05) is 0 Å². The molecule has 0 spiro atoms. The summed E-state index contributed by atoms with van der Waals surface area (Å²) in [6, 6.07) is 2.55. The number of halogens is 1. The van der Waals surface area contributed by atoms with E-state index in [0.29, 0.717) is 6.42 Å². The van der Waals surface area contributed by atoms with Crippen molar-refractivity contribution in [1.82, 2.24) is 5.32 Å². The van der Waals surface area contributed by atoms with E-state index in [9.17, 15) is 19.3 Å². The highest BCUT2D eigenvalue weighted by molar-refractivity contribution is 5.98. The second kappa shape index (κ2) is 5.90. The van der Waals surface area contributed by atoms with Gasteiger partial charge in [0.1, 0.15) is 11.4 Å². The van der Waals surface area contributed by atoms with E-state index in [-0.39, 0.29) is 11.6 Å². The van der Waals surface area contributed by atoms with Crippen molar-refractivity contribution in [3.8, 4) is 0 Å². The molecule has 1 unspecified atom stereocenters. The zero-order valence-electron chi connectivity index (χ0n) is 9.85. The molecule has 1 atom stereocenters. The van der Waals surface area contributed by atoms with Crippen LogP contribution in [0, 0.1) is 15.9 Å². The molecule has 96 valence electrons. The van der Waals surface area contributed by atoms with Gasteiger partial charge in [-0.2, -0.15) is 0 Å². The summed E-state index contributed by atoms with van der Waals surface area (Å²) in [7, 11) is 0. The maximum Gasteiger partial charge on any atom is 0.282 e. The largest absolute Gasteiger partial charge is 0.349 e. The molecular formula is C12H13FN2O3. The Morgan fingerprint density at radius 2 is 2.33 bits per heavy atom. The lowest BCUT2D eigenvalue weighted by atomic mass is 10.1. The summed E-state index contributed by atoms with van der Waals surface area (Å²) in [4.78, 5) is 21.8. The monoisotopic (exact) mass is 252 g/mol. The number of carbonyl (C=O) groups is 1. The van der Waals surface area contributed by atoms with Crippen molar-refractivity contribution in [3.63, 3.8) is 0 Å². The van der Waals surface area contributed by atoms with Crippen LogP contribution in [0.15, 0.2) is 30.9 Å². The highest BCUT2D eigenvalue weighted by Gasteiger charge is 2.21. The van der Waals surface area contributed by atoms with Crippen molar-refractivity contribution in [2.45, 2.75) is 19.4 Å². The van der Waals surface area contributed by atoms with Gasteiger partial charge < -0.3 is 5.32 Å². The molecule has 0 aliphatic rings. The third kappa shape index (κ3) is 3.38. The molecule has 0 aromatic heterocycles. The van der Waals surface area contributed by atoms with Crippen LogP contribution in [-0.2, 0) is 0 Å². The molecule has 1 amide bonds. The van der Waals surface area contributed by atoms with Gasteiger partial charge in [-0.1, -0.05) is 6.08 Å². The summed E-state index contributed by atoms with van der Waals surface area (Å²) in [5.74, 6) is -1.36. The minimum atomic E-state index is -0.716. The maximum atomic E-state index is 13.0. The first-order chi connectivity index (χ1) is 8.45. The van der Waals surface area contributed by atoms with Crippen molar-refractivity contribution in [1.29, 1.82) is 0 Å². The molecule has 5 nitrogen and oxygen atoms in total. The Kier molecular flexibility index (Phi) is 4.53. The van der Waals surface area contributed by atoms with Crippen LogP contribution in [-0.4, -0.2) is 16.9 Å². The number of nitrogens with one attached hydrogen (secondary N) is 1. The maximum absolute atomic E-state index is 13.0. The summed E-state index contributed by atoms with van der Waals surface area (Å²) >= 11 is 0. The van der Waals surface area contributed by atoms with Crippen LogP contribution < -0.4 is 5.32 Å². The van der Waals surface area contributed by atoms with E-state index in [1.807, 2.05) is 0 Å². The van der Waals surface area contributed by atoms with Crippen molar-refractivity contribution < 1.29 is 14.1 Å². The Hall–Kier alpha value is -2.24. The fraction of sp³-hybridized carbons (Fsp3) is 0.250. The Morgan fingerprint density at radius 3 is 2.89 bits per heavy atom. The van der Waals surface area contributed by atoms with Gasteiger partial charge in [-0.3, -0.25) is 14.9 Å². The number of benzene rings is 1. The lowest BCUT2D eigenvalue weighted by Gasteiger charge is -2.11. The van der Waals surface area contributed by atoms with Gasteiger partial charge >= 0.3 is 0 Å². The number of rotatable bonds is 5. The van der Waals surface area contributed by atoms with Gasteiger partial charge in [0.15, 0.2) is 0 Å². The third-order valence-corrected chi connectivity index (χ3v) is 2.30. The number of nitrogens with zero attached hydrogens (tertiary/aromatic N) is 1. The minimum absolute atomic E-state index is 0.224. The fourth-order valence-corrected chi connectivity index (χ4v) is 1.46. The second-order valence-corrected chi connectivity index (χ2v) is 3.82. The normalized spacial score (nSPS) is 11.7. The Morgan fingerprint density at radius 1 is 1.67 bits per heavy atom. The van der Waals surface area contributed by atoms with Crippen LogP contribution in [0.5, 0.6) is 0 Å². The molecule has 18 heavy (non-hydrogen) atoms. The topological polar surface area (TPSA) is 72.2 Å². The standard InChI is InChI=1S/C12H13FN2O3/c1-3-4-8(2)14-12(16)10-7-9(13)5-6-11(10)15(17)18/h3,5-8H,1,4H2,2H3,(H,14,16). The molecule has 0 bridgehead atoms. The van der Waals surface area contributed by atoms with Crippen LogP contribution in [0.25, 0.3) is 0 Å². The van der Waals surface area contributed by atoms with Gasteiger partial charge in [0.2, 0.25) is 0 Å². The minimum Gasteiger partial charge on any atom is -0.349 e. The van der Waals surface area contributed by atoms with Crippen LogP contribution in [0.2, 0.25) is 0 Å². The lowest BCUT2D eigenvalue weighted by molar-refractivity contribution is -0.385. The quantitative estimate of drug-likeness (QED) is 0.497. The van der Waals surface area contributed by atoms with E-state index in [1.54, 1.807) is 13.0 Å².